The third-order valence-corrected chi connectivity index (χ3v) is 5.92. The van der Waals surface area contributed by atoms with Gasteiger partial charge in [-0.25, -0.2) is 0 Å². The molecule has 0 bridgehead atoms. The Labute approximate surface area is 117 Å². The van der Waals surface area contributed by atoms with Crippen molar-refractivity contribution < 1.29 is 4.74 Å². The molecule has 1 unspecified atom stereocenters. The first kappa shape index (κ1) is 13.0. The van der Waals surface area contributed by atoms with Crippen molar-refractivity contribution in [2.75, 3.05) is 13.2 Å². The van der Waals surface area contributed by atoms with Crippen LogP contribution in [-0.2, 0) is 11.3 Å². The number of nitrogens with one attached hydrogen (secondary N) is 1. The lowest BCUT2D eigenvalue weighted by atomic mass is 10.2. The molecule has 0 aromatic carbocycles. The van der Waals surface area contributed by atoms with Gasteiger partial charge in [0.15, 0.2) is 0 Å². The molecule has 90 valence electrons. The smallest absolute Gasteiger partial charge is 0.0843 e. The van der Waals surface area contributed by atoms with Crippen LogP contribution in [0.3, 0.4) is 0 Å². The summed E-state index contributed by atoms with van der Waals surface area (Å²) >= 11 is 8.77. The first-order valence-corrected chi connectivity index (χ1v) is 7.92. The van der Waals surface area contributed by atoms with E-state index < -0.39 is 0 Å². The van der Waals surface area contributed by atoms with Gasteiger partial charge in [0, 0.05) is 22.5 Å². The van der Waals surface area contributed by atoms with Crippen molar-refractivity contribution in [3.05, 3.63) is 19.2 Å². The van der Waals surface area contributed by atoms with Crippen LogP contribution in [0.15, 0.2) is 14.3 Å². The number of hydrogen-bond donors (Lipinski definition) is 1. The minimum atomic E-state index is 0.495. The van der Waals surface area contributed by atoms with E-state index in [1.807, 2.05) is 0 Å². The molecule has 0 amide bonds. The van der Waals surface area contributed by atoms with Crippen LogP contribution in [0.4, 0.5) is 0 Å². The first-order valence-electron chi connectivity index (χ1n) is 5.52. The number of halogens is 2. The van der Waals surface area contributed by atoms with Crippen LogP contribution in [0.1, 0.15) is 24.1 Å². The van der Waals surface area contributed by atoms with Gasteiger partial charge in [0.2, 0.25) is 0 Å². The molecule has 0 spiro atoms. The molecule has 1 N–H and O–H groups in total. The van der Waals surface area contributed by atoms with Gasteiger partial charge in [-0.15, -0.1) is 11.3 Å². The molecular weight excluding hydrogens is 354 g/mol. The summed E-state index contributed by atoms with van der Waals surface area (Å²) in [5.41, 5.74) is 0. The van der Waals surface area contributed by atoms with Crippen LogP contribution in [0.5, 0.6) is 0 Å². The number of hydrogen-bond acceptors (Lipinski definition) is 3. The van der Waals surface area contributed by atoms with Gasteiger partial charge in [-0.2, -0.15) is 0 Å². The highest BCUT2D eigenvalue weighted by atomic mass is 79.9. The lowest BCUT2D eigenvalue weighted by Gasteiger charge is -2.09. The summed E-state index contributed by atoms with van der Waals surface area (Å²) in [4.78, 5) is 1.35. The van der Waals surface area contributed by atoms with Gasteiger partial charge in [-0.3, -0.25) is 0 Å². The van der Waals surface area contributed by atoms with E-state index in [-0.39, 0.29) is 0 Å². The van der Waals surface area contributed by atoms with Crippen LogP contribution in [0.2, 0.25) is 0 Å². The summed E-state index contributed by atoms with van der Waals surface area (Å²) in [6.07, 6.45) is 4.09. The summed E-state index contributed by atoms with van der Waals surface area (Å²) in [7, 11) is 0. The van der Waals surface area contributed by atoms with E-state index in [2.05, 4.69) is 43.2 Å². The number of rotatable bonds is 5. The van der Waals surface area contributed by atoms with Gasteiger partial charge < -0.3 is 10.1 Å². The second-order valence-corrected chi connectivity index (χ2v) is 7.24. The minimum absolute atomic E-state index is 0.495. The molecule has 1 atom stereocenters. The fraction of sp³-hybridized carbons (Fsp3) is 0.636. The molecule has 1 aromatic heterocycles. The summed E-state index contributed by atoms with van der Waals surface area (Å²) in [5, 5.41) is 3.46. The average molecular weight is 369 g/mol. The van der Waals surface area contributed by atoms with Crippen molar-refractivity contribution in [1.82, 2.24) is 5.32 Å². The zero-order valence-electron chi connectivity index (χ0n) is 8.97. The second-order valence-electron chi connectivity index (χ2n) is 3.93. The summed E-state index contributed by atoms with van der Waals surface area (Å²) < 4.78 is 7.89. The second kappa shape index (κ2) is 6.50. The summed E-state index contributed by atoms with van der Waals surface area (Å²) in [6, 6.07) is 2.16. The van der Waals surface area contributed by atoms with E-state index in [4.69, 9.17) is 4.74 Å². The largest absolute Gasteiger partial charge is 0.378 e. The summed E-state index contributed by atoms with van der Waals surface area (Å²) in [5.74, 6) is 0. The van der Waals surface area contributed by atoms with E-state index in [9.17, 15) is 0 Å². The Balaban J connectivity index is 1.64. The third-order valence-electron chi connectivity index (χ3n) is 2.66. The lowest BCUT2D eigenvalue weighted by Crippen LogP contribution is -2.19. The Hall–Kier alpha value is 0.580. The molecule has 1 saturated heterocycles. The van der Waals surface area contributed by atoms with Crippen molar-refractivity contribution in [2.24, 2.45) is 0 Å². The highest BCUT2D eigenvalue weighted by Crippen LogP contribution is 2.32. The summed E-state index contributed by atoms with van der Waals surface area (Å²) in [6.45, 7) is 2.94. The van der Waals surface area contributed by atoms with Gasteiger partial charge in [0.05, 0.1) is 9.89 Å². The Morgan fingerprint density at radius 2 is 2.38 bits per heavy atom. The first-order chi connectivity index (χ1) is 7.75. The molecule has 16 heavy (non-hydrogen) atoms. The Morgan fingerprint density at radius 3 is 3.00 bits per heavy atom. The van der Waals surface area contributed by atoms with E-state index in [1.54, 1.807) is 11.3 Å². The molecule has 0 saturated carbocycles. The van der Waals surface area contributed by atoms with Crippen molar-refractivity contribution in [2.45, 2.75) is 31.9 Å². The normalized spacial score (nSPS) is 20.5. The Kier molecular flexibility index (Phi) is 5.29. The maximum absolute atomic E-state index is 5.58. The molecule has 2 nitrogen and oxygen atoms in total. The van der Waals surface area contributed by atoms with E-state index >= 15 is 0 Å². The van der Waals surface area contributed by atoms with Gasteiger partial charge in [-0.1, -0.05) is 0 Å². The monoisotopic (exact) mass is 367 g/mol. The van der Waals surface area contributed by atoms with Gasteiger partial charge in [-0.05, 0) is 63.7 Å². The van der Waals surface area contributed by atoms with Gasteiger partial charge in [0.1, 0.15) is 0 Å². The molecule has 1 fully saturated rings. The predicted molar refractivity (Wildman–Crippen MR) is 75.0 cm³/mol. The highest BCUT2D eigenvalue weighted by Gasteiger charge is 2.14. The van der Waals surface area contributed by atoms with Crippen molar-refractivity contribution >= 4 is 43.2 Å². The molecular formula is C11H15Br2NOS. The van der Waals surface area contributed by atoms with Gasteiger partial charge >= 0.3 is 0 Å². The van der Waals surface area contributed by atoms with E-state index in [0.717, 1.165) is 30.6 Å². The van der Waals surface area contributed by atoms with E-state index in [0.29, 0.717) is 6.10 Å². The zero-order valence-corrected chi connectivity index (χ0v) is 13.0. The van der Waals surface area contributed by atoms with Crippen molar-refractivity contribution in [3.8, 4) is 0 Å². The maximum Gasteiger partial charge on any atom is 0.0843 e. The predicted octanol–water partition coefficient (Wildman–Crippen LogP) is 3.93. The Morgan fingerprint density at radius 1 is 1.50 bits per heavy atom. The molecule has 0 aliphatic carbocycles. The highest BCUT2D eigenvalue weighted by molar-refractivity contribution is 9.13. The van der Waals surface area contributed by atoms with Crippen molar-refractivity contribution in [3.63, 3.8) is 0 Å². The minimum Gasteiger partial charge on any atom is -0.378 e. The molecule has 1 aliphatic heterocycles. The number of ether oxygens (including phenoxy) is 1. The number of thiophene rings is 1. The van der Waals surface area contributed by atoms with Crippen molar-refractivity contribution in [1.29, 1.82) is 0 Å². The molecule has 1 aromatic rings. The zero-order chi connectivity index (χ0) is 11.4. The third kappa shape index (κ3) is 3.81. The molecule has 2 heterocycles. The SMILES string of the molecule is Brc1cc(CNCCC2CCCO2)sc1Br. The fourth-order valence-electron chi connectivity index (χ4n) is 1.83. The lowest BCUT2D eigenvalue weighted by molar-refractivity contribution is 0.104. The molecule has 0 radical (unpaired) electrons. The maximum atomic E-state index is 5.58. The van der Waals surface area contributed by atoms with Crippen LogP contribution >= 0.6 is 43.2 Å². The average Bonchev–Trinajstić information content (AvgIpc) is 2.85. The van der Waals surface area contributed by atoms with Crippen LogP contribution in [0, 0.1) is 0 Å². The topological polar surface area (TPSA) is 21.3 Å². The fourth-order valence-corrected chi connectivity index (χ4v) is 3.97. The Bertz CT molecular complexity index is 317. The van der Waals surface area contributed by atoms with Crippen LogP contribution < -0.4 is 5.32 Å². The quantitative estimate of drug-likeness (QED) is 0.795. The van der Waals surface area contributed by atoms with Crippen LogP contribution in [0.25, 0.3) is 0 Å². The molecule has 1 aliphatic rings. The van der Waals surface area contributed by atoms with Crippen LogP contribution in [-0.4, -0.2) is 19.3 Å². The molecule has 2 rings (SSSR count). The molecule has 5 heteroatoms. The standard InChI is InChI=1S/C11H15Br2NOS/c12-10-6-9(16-11(10)13)7-14-4-3-8-2-1-5-15-8/h6,8,14H,1-5,7H2. The van der Waals surface area contributed by atoms with Gasteiger partial charge in [0.25, 0.3) is 0 Å². The van der Waals surface area contributed by atoms with E-state index in [1.165, 1.54) is 21.5 Å².